The summed E-state index contributed by atoms with van der Waals surface area (Å²) in [5.41, 5.74) is 5.19. The summed E-state index contributed by atoms with van der Waals surface area (Å²) in [5, 5.41) is 7.75. The number of carbonyl (C=O) groups excluding carboxylic acids is 2. The van der Waals surface area contributed by atoms with Crippen LogP contribution >= 0.6 is 23.2 Å². The Morgan fingerprint density at radius 3 is 2.24 bits per heavy atom. The number of amides is 2. The topological polar surface area (TPSA) is 117 Å². The Labute approximate surface area is 253 Å². The number of hydrogen-bond acceptors (Lipinski definition) is 6. The van der Waals surface area contributed by atoms with Crippen LogP contribution in [0.1, 0.15) is 21.5 Å². The molecule has 0 atom stereocenters. The molecule has 0 saturated heterocycles. The van der Waals surface area contributed by atoms with Crippen LogP contribution in [-0.4, -0.2) is 39.3 Å². The molecule has 0 heterocycles. The number of carbonyl (C=O) groups is 2. The average molecular weight is 626 g/mol. The summed E-state index contributed by atoms with van der Waals surface area (Å²) in [6, 6.07) is 26.6. The van der Waals surface area contributed by atoms with Crippen molar-refractivity contribution in [2.45, 2.75) is 6.54 Å². The first kappa shape index (κ1) is 30.6. The number of nitrogens with one attached hydrogen (secondary N) is 2. The van der Waals surface area contributed by atoms with Crippen LogP contribution in [0.3, 0.4) is 0 Å². The van der Waals surface area contributed by atoms with Gasteiger partial charge in [-0.25, -0.2) is 13.8 Å². The molecule has 4 rings (SSSR count). The van der Waals surface area contributed by atoms with Crippen molar-refractivity contribution in [3.63, 3.8) is 0 Å². The van der Waals surface area contributed by atoms with Gasteiger partial charge in [-0.05, 0) is 90.0 Å². The molecule has 9 nitrogen and oxygen atoms in total. The number of ether oxygens (including phenoxy) is 1. The minimum absolute atomic E-state index is 0.117. The number of hydrazone groups is 1. The van der Waals surface area contributed by atoms with Crippen molar-refractivity contribution in [1.82, 2.24) is 5.43 Å². The van der Waals surface area contributed by atoms with Gasteiger partial charge in [0.2, 0.25) is 10.0 Å². The normalized spacial score (nSPS) is 11.2. The van der Waals surface area contributed by atoms with E-state index in [-0.39, 0.29) is 19.1 Å². The van der Waals surface area contributed by atoms with Gasteiger partial charge in [-0.2, -0.15) is 5.10 Å². The van der Waals surface area contributed by atoms with E-state index < -0.39 is 15.9 Å². The standard InChI is InChI=1S/C30H26Cl2N4O5S/c1-42(39,40)36(19-22-5-11-24(31)12-6-22)27-13-9-23(10-14-27)30(38)35-33-18-21-7-15-28(16-8-21)41-20-29(37)34-26-4-2-3-25(32)17-26/h2-18H,19-20H2,1H3,(H,34,37)(H,35,38)/b33-18-. The van der Waals surface area contributed by atoms with Crippen molar-refractivity contribution >= 4 is 62.6 Å². The van der Waals surface area contributed by atoms with E-state index in [9.17, 15) is 18.0 Å². The zero-order chi connectivity index (χ0) is 30.1. The van der Waals surface area contributed by atoms with Crippen molar-refractivity contribution < 1.29 is 22.7 Å². The summed E-state index contributed by atoms with van der Waals surface area (Å²) in [4.78, 5) is 24.6. The van der Waals surface area contributed by atoms with Gasteiger partial charge in [0.25, 0.3) is 11.8 Å². The molecular weight excluding hydrogens is 599 g/mol. The highest BCUT2D eigenvalue weighted by molar-refractivity contribution is 7.92. The minimum Gasteiger partial charge on any atom is -0.484 e. The summed E-state index contributed by atoms with van der Waals surface area (Å²) in [6.45, 7) is -0.0657. The Balaban J connectivity index is 1.28. The van der Waals surface area contributed by atoms with E-state index in [1.807, 2.05) is 0 Å². The van der Waals surface area contributed by atoms with Crippen LogP contribution in [0.25, 0.3) is 0 Å². The first-order valence-electron chi connectivity index (χ1n) is 12.5. The maximum atomic E-state index is 12.6. The van der Waals surface area contributed by atoms with Crippen LogP contribution in [0, 0.1) is 0 Å². The third-order valence-electron chi connectivity index (χ3n) is 5.80. The fourth-order valence-corrected chi connectivity index (χ4v) is 4.93. The van der Waals surface area contributed by atoms with E-state index in [1.165, 1.54) is 22.7 Å². The van der Waals surface area contributed by atoms with E-state index in [0.29, 0.717) is 38.3 Å². The zero-order valence-electron chi connectivity index (χ0n) is 22.3. The first-order valence-corrected chi connectivity index (χ1v) is 15.1. The number of halogens is 2. The lowest BCUT2D eigenvalue weighted by molar-refractivity contribution is -0.118. The van der Waals surface area contributed by atoms with Gasteiger partial charge in [0.05, 0.1) is 24.7 Å². The number of rotatable bonds is 11. The Hall–Kier alpha value is -4.38. The van der Waals surface area contributed by atoms with E-state index in [1.54, 1.807) is 84.9 Å². The molecule has 0 radical (unpaired) electrons. The smallest absolute Gasteiger partial charge is 0.271 e. The van der Waals surface area contributed by atoms with Gasteiger partial charge in [-0.3, -0.25) is 13.9 Å². The molecule has 2 N–H and O–H groups in total. The SMILES string of the molecule is CS(=O)(=O)N(Cc1ccc(Cl)cc1)c1ccc(C(=O)N/N=C\c2ccc(OCC(=O)Nc3cccc(Cl)c3)cc2)cc1. The minimum atomic E-state index is -3.59. The van der Waals surface area contributed by atoms with Gasteiger partial charge in [-0.1, -0.05) is 41.4 Å². The molecular formula is C30H26Cl2N4O5S. The third-order valence-corrected chi connectivity index (χ3v) is 7.42. The van der Waals surface area contributed by atoms with E-state index in [2.05, 4.69) is 15.8 Å². The fraction of sp³-hybridized carbons (Fsp3) is 0.100. The highest BCUT2D eigenvalue weighted by Crippen LogP contribution is 2.22. The van der Waals surface area contributed by atoms with Crippen molar-refractivity contribution in [2.75, 3.05) is 22.5 Å². The number of hydrogen-bond donors (Lipinski definition) is 2. The molecule has 0 bridgehead atoms. The van der Waals surface area contributed by atoms with Gasteiger partial charge >= 0.3 is 0 Å². The highest BCUT2D eigenvalue weighted by atomic mass is 35.5. The van der Waals surface area contributed by atoms with E-state index >= 15 is 0 Å². The predicted molar refractivity (Wildman–Crippen MR) is 166 cm³/mol. The summed E-state index contributed by atoms with van der Waals surface area (Å²) in [7, 11) is -3.59. The second-order valence-corrected chi connectivity index (χ2v) is 11.8. The molecule has 4 aromatic rings. The summed E-state index contributed by atoms with van der Waals surface area (Å²) in [6.07, 6.45) is 2.58. The lowest BCUT2D eigenvalue weighted by atomic mass is 10.2. The molecule has 0 aliphatic rings. The van der Waals surface area contributed by atoms with E-state index in [0.717, 1.165) is 11.8 Å². The molecule has 2 amide bonds. The maximum absolute atomic E-state index is 12.6. The summed E-state index contributed by atoms with van der Waals surface area (Å²) >= 11 is 11.8. The quantitative estimate of drug-likeness (QED) is 0.163. The molecule has 12 heteroatoms. The number of sulfonamides is 1. The molecule has 0 fully saturated rings. The Morgan fingerprint density at radius 2 is 1.60 bits per heavy atom. The van der Waals surface area contributed by atoms with Crippen LogP contribution in [-0.2, 0) is 21.4 Å². The number of benzene rings is 4. The summed E-state index contributed by atoms with van der Waals surface area (Å²) < 4.78 is 31.6. The van der Waals surface area contributed by atoms with Gasteiger partial charge < -0.3 is 10.1 Å². The van der Waals surface area contributed by atoms with Gasteiger partial charge in [-0.15, -0.1) is 0 Å². The van der Waals surface area contributed by atoms with Crippen LogP contribution in [0.2, 0.25) is 10.0 Å². The third kappa shape index (κ3) is 9.07. The van der Waals surface area contributed by atoms with Gasteiger partial charge in [0, 0.05) is 21.3 Å². The van der Waals surface area contributed by atoms with Crippen LogP contribution < -0.4 is 19.8 Å². The Morgan fingerprint density at radius 1 is 0.905 bits per heavy atom. The molecule has 0 saturated carbocycles. The molecule has 216 valence electrons. The monoisotopic (exact) mass is 624 g/mol. The molecule has 0 aliphatic heterocycles. The predicted octanol–water partition coefficient (Wildman–Crippen LogP) is 5.74. The van der Waals surface area contributed by atoms with Gasteiger partial charge in [0.1, 0.15) is 5.75 Å². The molecule has 0 spiro atoms. The Bertz CT molecular complexity index is 1680. The molecule has 4 aromatic carbocycles. The number of nitrogens with zero attached hydrogens (tertiary/aromatic N) is 2. The second-order valence-electron chi connectivity index (χ2n) is 9.06. The van der Waals surface area contributed by atoms with Gasteiger partial charge in [0.15, 0.2) is 6.61 Å². The average Bonchev–Trinajstić information content (AvgIpc) is 2.96. The van der Waals surface area contributed by atoms with Crippen molar-refractivity contribution in [2.24, 2.45) is 5.10 Å². The van der Waals surface area contributed by atoms with Crippen molar-refractivity contribution in [1.29, 1.82) is 0 Å². The Kier molecular flexibility index (Phi) is 10.2. The van der Waals surface area contributed by atoms with Crippen molar-refractivity contribution in [3.05, 3.63) is 124 Å². The first-order chi connectivity index (χ1) is 20.1. The highest BCUT2D eigenvalue weighted by Gasteiger charge is 2.18. The van der Waals surface area contributed by atoms with E-state index in [4.69, 9.17) is 27.9 Å². The van der Waals surface area contributed by atoms with Crippen LogP contribution in [0.5, 0.6) is 5.75 Å². The molecule has 0 aliphatic carbocycles. The largest absolute Gasteiger partial charge is 0.484 e. The maximum Gasteiger partial charge on any atom is 0.271 e. The molecule has 42 heavy (non-hydrogen) atoms. The lowest BCUT2D eigenvalue weighted by Crippen LogP contribution is -2.29. The lowest BCUT2D eigenvalue weighted by Gasteiger charge is -2.22. The zero-order valence-corrected chi connectivity index (χ0v) is 24.7. The number of anilines is 2. The molecule has 0 aromatic heterocycles. The second kappa shape index (κ2) is 14.0. The van der Waals surface area contributed by atoms with Crippen molar-refractivity contribution in [3.8, 4) is 5.75 Å². The van der Waals surface area contributed by atoms with Crippen LogP contribution in [0.15, 0.2) is 102 Å². The summed E-state index contributed by atoms with van der Waals surface area (Å²) in [5.74, 6) is -0.312. The van der Waals surface area contributed by atoms with Crippen LogP contribution in [0.4, 0.5) is 11.4 Å². The fourth-order valence-electron chi connectivity index (χ4n) is 3.73. The molecule has 0 unspecified atom stereocenters.